The molecule has 3 nitrogen and oxygen atoms in total. The predicted molar refractivity (Wildman–Crippen MR) is 62.6 cm³/mol. The molecule has 1 heterocycles. The van der Waals surface area contributed by atoms with Crippen LogP contribution < -0.4 is 0 Å². The highest BCUT2D eigenvalue weighted by Crippen LogP contribution is 2.41. The topological polar surface area (TPSA) is 40.3 Å². The standard InChI is InChI=1S/C13H15NO2/c1-9-13(2,8-12(15)16)10-6-4-5-7-11(10)14(9)3/h4-7H,8H2,1-3H3/p+1. The van der Waals surface area contributed by atoms with Crippen molar-refractivity contribution >= 4 is 17.4 Å². The molecule has 0 saturated carbocycles. The largest absolute Gasteiger partial charge is 0.481 e. The molecule has 1 unspecified atom stereocenters. The van der Waals surface area contributed by atoms with E-state index in [0.29, 0.717) is 0 Å². The van der Waals surface area contributed by atoms with Gasteiger partial charge in [-0.25, -0.2) is 4.58 Å². The lowest BCUT2D eigenvalue weighted by Gasteiger charge is -2.19. The van der Waals surface area contributed by atoms with E-state index in [1.807, 2.05) is 45.2 Å². The first-order chi connectivity index (χ1) is 7.47. The second-order valence-corrected chi connectivity index (χ2v) is 4.56. The minimum absolute atomic E-state index is 0.139. The molecule has 0 saturated heterocycles. The molecule has 0 fully saturated rings. The summed E-state index contributed by atoms with van der Waals surface area (Å²) in [6.07, 6.45) is 0.139. The maximum Gasteiger partial charge on any atom is 0.304 e. The minimum atomic E-state index is -0.757. The minimum Gasteiger partial charge on any atom is -0.481 e. The number of nitrogens with zero attached hydrogens (tertiary/aromatic N) is 1. The van der Waals surface area contributed by atoms with Crippen LogP contribution in [0.1, 0.15) is 25.8 Å². The average Bonchev–Trinajstić information content (AvgIpc) is 2.42. The average molecular weight is 218 g/mol. The van der Waals surface area contributed by atoms with Crippen molar-refractivity contribution in [1.29, 1.82) is 0 Å². The van der Waals surface area contributed by atoms with Crippen LogP contribution in [-0.4, -0.2) is 28.4 Å². The van der Waals surface area contributed by atoms with Crippen LogP contribution in [0.4, 0.5) is 5.69 Å². The van der Waals surface area contributed by atoms with E-state index < -0.39 is 5.97 Å². The monoisotopic (exact) mass is 218 g/mol. The first-order valence-electron chi connectivity index (χ1n) is 5.36. The van der Waals surface area contributed by atoms with E-state index in [4.69, 9.17) is 5.11 Å². The van der Waals surface area contributed by atoms with Gasteiger partial charge in [-0.05, 0) is 6.92 Å². The van der Waals surface area contributed by atoms with Gasteiger partial charge < -0.3 is 5.11 Å². The third kappa shape index (κ3) is 1.35. The molecule has 1 atom stereocenters. The van der Waals surface area contributed by atoms with E-state index in [0.717, 1.165) is 17.0 Å². The van der Waals surface area contributed by atoms with Crippen molar-refractivity contribution in [1.82, 2.24) is 0 Å². The maximum absolute atomic E-state index is 11.0. The molecule has 0 radical (unpaired) electrons. The lowest BCUT2D eigenvalue weighted by molar-refractivity contribution is -0.403. The number of benzene rings is 1. The van der Waals surface area contributed by atoms with E-state index in [9.17, 15) is 4.79 Å². The summed E-state index contributed by atoms with van der Waals surface area (Å²) in [5, 5.41) is 9.04. The molecule has 1 aliphatic rings. The van der Waals surface area contributed by atoms with Gasteiger partial charge in [-0.3, -0.25) is 4.79 Å². The number of fused-ring (bicyclic) bond motifs is 1. The molecular weight excluding hydrogens is 202 g/mol. The number of carbonyl (C=O) groups is 1. The lowest BCUT2D eigenvalue weighted by Crippen LogP contribution is -2.32. The lowest BCUT2D eigenvalue weighted by atomic mass is 9.77. The van der Waals surface area contributed by atoms with Crippen LogP contribution in [0.15, 0.2) is 24.3 Å². The SMILES string of the molecule is CC1=[N+](C)c2ccccc2C1(C)CC(=O)O. The maximum atomic E-state index is 11.0. The van der Waals surface area contributed by atoms with Gasteiger partial charge in [0.25, 0.3) is 0 Å². The number of hydrogen-bond acceptors (Lipinski definition) is 1. The molecule has 0 bridgehead atoms. The Kier molecular flexibility index (Phi) is 2.34. The number of aliphatic carboxylic acids is 1. The van der Waals surface area contributed by atoms with Gasteiger partial charge in [0.15, 0.2) is 5.71 Å². The molecule has 16 heavy (non-hydrogen) atoms. The number of rotatable bonds is 2. The number of para-hydroxylation sites is 1. The van der Waals surface area contributed by atoms with Crippen LogP contribution in [0, 0.1) is 0 Å². The van der Waals surface area contributed by atoms with Crippen LogP contribution in [0.5, 0.6) is 0 Å². The van der Waals surface area contributed by atoms with Crippen molar-refractivity contribution in [2.75, 3.05) is 7.05 Å². The second-order valence-electron chi connectivity index (χ2n) is 4.56. The van der Waals surface area contributed by atoms with Gasteiger partial charge in [-0.1, -0.05) is 18.2 Å². The molecular formula is C13H16NO2+. The fraction of sp³-hybridized carbons (Fsp3) is 0.385. The van der Waals surface area contributed by atoms with Crippen molar-refractivity contribution < 1.29 is 14.5 Å². The van der Waals surface area contributed by atoms with E-state index in [-0.39, 0.29) is 11.8 Å². The van der Waals surface area contributed by atoms with E-state index >= 15 is 0 Å². The van der Waals surface area contributed by atoms with Crippen LogP contribution in [0.25, 0.3) is 0 Å². The Morgan fingerprint density at radius 2 is 2.06 bits per heavy atom. The summed E-state index contributed by atoms with van der Waals surface area (Å²) >= 11 is 0. The molecule has 1 aromatic carbocycles. The Morgan fingerprint density at radius 3 is 2.69 bits per heavy atom. The predicted octanol–water partition coefficient (Wildman–Crippen LogP) is 2.17. The summed E-state index contributed by atoms with van der Waals surface area (Å²) in [6.45, 7) is 4.00. The van der Waals surface area contributed by atoms with Gasteiger partial charge in [-0.2, -0.15) is 0 Å². The molecule has 1 aliphatic heterocycles. The van der Waals surface area contributed by atoms with Crippen LogP contribution in [0.2, 0.25) is 0 Å². The summed E-state index contributed by atoms with van der Waals surface area (Å²) < 4.78 is 2.08. The Hall–Kier alpha value is -1.64. The van der Waals surface area contributed by atoms with Crippen molar-refractivity contribution in [2.45, 2.75) is 25.7 Å². The molecule has 0 aromatic heterocycles. The normalized spacial score (nSPS) is 23.4. The van der Waals surface area contributed by atoms with Gasteiger partial charge in [0.2, 0.25) is 5.69 Å². The molecule has 3 heteroatoms. The smallest absolute Gasteiger partial charge is 0.304 e. The number of carboxylic acid groups (broad SMARTS) is 1. The molecule has 84 valence electrons. The van der Waals surface area contributed by atoms with Crippen molar-refractivity contribution in [3.8, 4) is 0 Å². The third-order valence-corrected chi connectivity index (χ3v) is 3.67. The summed E-state index contributed by atoms with van der Waals surface area (Å²) in [5.41, 5.74) is 2.94. The van der Waals surface area contributed by atoms with Crippen molar-refractivity contribution in [3.05, 3.63) is 29.8 Å². The Balaban J connectivity index is 2.60. The first-order valence-corrected chi connectivity index (χ1v) is 5.36. The quantitative estimate of drug-likeness (QED) is 0.773. The number of carboxylic acids is 1. The van der Waals surface area contributed by atoms with Gasteiger partial charge >= 0.3 is 5.97 Å². The molecule has 0 amide bonds. The van der Waals surface area contributed by atoms with Gasteiger partial charge in [0.1, 0.15) is 7.05 Å². The van der Waals surface area contributed by atoms with E-state index in [1.54, 1.807) is 0 Å². The molecule has 1 N–H and O–H groups in total. The summed E-state index contributed by atoms with van der Waals surface area (Å²) in [4.78, 5) is 11.0. The van der Waals surface area contributed by atoms with E-state index in [2.05, 4.69) is 4.58 Å². The van der Waals surface area contributed by atoms with Crippen LogP contribution >= 0.6 is 0 Å². The highest BCUT2D eigenvalue weighted by Gasteiger charge is 2.46. The number of hydrogen-bond donors (Lipinski definition) is 1. The zero-order chi connectivity index (χ0) is 11.9. The Morgan fingerprint density at radius 1 is 1.44 bits per heavy atom. The van der Waals surface area contributed by atoms with Crippen LogP contribution in [0.3, 0.4) is 0 Å². The molecule has 2 rings (SSSR count). The Bertz CT molecular complexity index is 490. The highest BCUT2D eigenvalue weighted by atomic mass is 16.4. The van der Waals surface area contributed by atoms with Crippen molar-refractivity contribution in [3.63, 3.8) is 0 Å². The second kappa shape index (κ2) is 3.44. The summed E-state index contributed by atoms with van der Waals surface area (Å²) in [6, 6.07) is 8.00. The molecule has 0 aliphatic carbocycles. The van der Waals surface area contributed by atoms with Gasteiger partial charge in [0.05, 0.1) is 11.8 Å². The Labute approximate surface area is 95.0 Å². The highest BCUT2D eigenvalue weighted by molar-refractivity contribution is 5.96. The first kappa shape index (κ1) is 10.9. The molecule has 0 spiro atoms. The third-order valence-electron chi connectivity index (χ3n) is 3.67. The summed E-state index contributed by atoms with van der Waals surface area (Å²) in [5.74, 6) is -0.757. The molecule has 1 aromatic rings. The van der Waals surface area contributed by atoms with Crippen molar-refractivity contribution in [2.24, 2.45) is 0 Å². The fourth-order valence-electron chi connectivity index (χ4n) is 2.50. The fourth-order valence-corrected chi connectivity index (χ4v) is 2.50. The van der Waals surface area contributed by atoms with Crippen LogP contribution in [-0.2, 0) is 10.2 Å². The van der Waals surface area contributed by atoms with Gasteiger partial charge in [-0.15, -0.1) is 0 Å². The zero-order valence-electron chi connectivity index (χ0n) is 9.82. The van der Waals surface area contributed by atoms with Gasteiger partial charge in [0, 0.05) is 18.6 Å². The van der Waals surface area contributed by atoms with E-state index in [1.165, 1.54) is 0 Å². The zero-order valence-corrected chi connectivity index (χ0v) is 9.82. The summed E-state index contributed by atoms with van der Waals surface area (Å²) in [7, 11) is 1.99.